The van der Waals surface area contributed by atoms with E-state index in [4.69, 9.17) is 5.11 Å². The van der Waals surface area contributed by atoms with Crippen molar-refractivity contribution in [2.24, 2.45) is 0 Å². The Morgan fingerprint density at radius 3 is 2.15 bits per heavy atom. The lowest BCUT2D eigenvalue weighted by molar-refractivity contribution is -0.139. The predicted octanol–water partition coefficient (Wildman–Crippen LogP) is 2.82. The zero-order valence-electron chi connectivity index (χ0n) is 17.2. The monoisotopic (exact) mass is 396 g/mol. The minimum atomic E-state index is -3.61. The zero-order valence-corrected chi connectivity index (χ0v) is 18.0. The topological polar surface area (TPSA) is 86.7 Å². The molecule has 2 N–H and O–H groups in total. The maximum absolute atomic E-state index is 12.9. The Hall–Kier alpha value is -1.44. The van der Waals surface area contributed by atoms with E-state index >= 15 is 0 Å². The third-order valence-electron chi connectivity index (χ3n) is 5.29. The molecule has 0 atom stereocenters. The summed E-state index contributed by atoms with van der Waals surface area (Å²) in [6.07, 6.45) is 1.27. The van der Waals surface area contributed by atoms with E-state index in [1.165, 1.54) is 0 Å². The van der Waals surface area contributed by atoms with Gasteiger partial charge in [0.1, 0.15) is 0 Å². The van der Waals surface area contributed by atoms with Crippen LogP contribution in [-0.4, -0.2) is 49.6 Å². The van der Waals surface area contributed by atoms with E-state index in [1.54, 1.807) is 0 Å². The fraction of sp³-hybridized carbons (Fsp3) is 0.650. The number of carboxylic acids is 1. The van der Waals surface area contributed by atoms with E-state index in [1.807, 2.05) is 37.8 Å². The fourth-order valence-electron chi connectivity index (χ4n) is 3.74. The van der Waals surface area contributed by atoms with Crippen LogP contribution in [-0.2, 0) is 20.2 Å². The standard InChI is InChI=1S/C20H32N2O4S/c1-7-22(12-18(23)24)17-10-16(11-17)21-27(25,26)19-13(2)8-15(9-14(19)3)20(4,5)6/h8-9,16-17,21H,7,10-12H2,1-6H3,(H,23,24). The molecule has 0 radical (unpaired) electrons. The van der Waals surface area contributed by atoms with E-state index in [0.717, 1.165) is 16.7 Å². The molecule has 27 heavy (non-hydrogen) atoms. The number of likely N-dealkylation sites (N-methyl/N-ethyl adjacent to an activating group) is 1. The Labute approximate surface area is 163 Å². The molecule has 0 bridgehead atoms. The van der Waals surface area contributed by atoms with Crippen LogP contribution < -0.4 is 4.72 Å². The molecule has 1 aliphatic rings. The molecule has 1 aromatic carbocycles. The summed E-state index contributed by atoms with van der Waals surface area (Å²) in [6.45, 7) is 12.6. The van der Waals surface area contributed by atoms with Gasteiger partial charge >= 0.3 is 5.97 Å². The summed E-state index contributed by atoms with van der Waals surface area (Å²) in [4.78, 5) is 13.2. The molecule has 0 amide bonds. The number of nitrogens with zero attached hydrogens (tertiary/aromatic N) is 1. The molecule has 0 unspecified atom stereocenters. The zero-order chi connectivity index (χ0) is 20.6. The van der Waals surface area contributed by atoms with E-state index in [0.29, 0.717) is 24.3 Å². The number of benzene rings is 1. The van der Waals surface area contributed by atoms with E-state index in [2.05, 4.69) is 25.5 Å². The second kappa shape index (κ2) is 7.89. The van der Waals surface area contributed by atoms with Gasteiger partial charge < -0.3 is 5.11 Å². The van der Waals surface area contributed by atoms with Crippen molar-refractivity contribution in [3.05, 3.63) is 28.8 Å². The number of sulfonamides is 1. The van der Waals surface area contributed by atoms with Crippen LogP contribution in [0.4, 0.5) is 0 Å². The highest BCUT2D eigenvalue weighted by molar-refractivity contribution is 7.89. The molecule has 0 heterocycles. The molecule has 0 spiro atoms. The highest BCUT2D eigenvalue weighted by Gasteiger charge is 2.37. The van der Waals surface area contributed by atoms with Gasteiger partial charge in [0.15, 0.2) is 0 Å². The van der Waals surface area contributed by atoms with Gasteiger partial charge in [-0.25, -0.2) is 13.1 Å². The minimum Gasteiger partial charge on any atom is -0.480 e. The van der Waals surface area contributed by atoms with Crippen LogP contribution in [0.5, 0.6) is 0 Å². The lowest BCUT2D eigenvalue weighted by Gasteiger charge is -2.42. The molecule has 0 saturated heterocycles. The van der Waals surface area contributed by atoms with Gasteiger partial charge in [-0.15, -0.1) is 0 Å². The van der Waals surface area contributed by atoms with Crippen LogP contribution in [0.25, 0.3) is 0 Å². The molecule has 2 rings (SSSR count). The maximum atomic E-state index is 12.9. The number of hydrogen-bond donors (Lipinski definition) is 2. The number of aliphatic carboxylic acids is 1. The Balaban J connectivity index is 2.12. The van der Waals surface area contributed by atoms with Gasteiger partial charge in [-0.1, -0.05) is 39.8 Å². The summed E-state index contributed by atoms with van der Waals surface area (Å²) in [5.74, 6) is -0.855. The van der Waals surface area contributed by atoms with Gasteiger partial charge in [0.05, 0.1) is 11.4 Å². The van der Waals surface area contributed by atoms with Gasteiger partial charge in [0.2, 0.25) is 10.0 Å². The highest BCUT2D eigenvalue weighted by Crippen LogP contribution is 2.31. The molecule has 152 valence electrons. The van der Waals surface area contributed by atoms with Gasteiger partial charge in [-0.05, 0) is 55.3 Å². The Morgan fingerprint density at radius 2 is 1.74 bits per heavy atom. The lowest BCUT2D eigenvalue weighted by Crippen LogP contribution is -2.54. The third kappa shape index (κ3) is 5.09. The first kappa shape index (κ1) is 21.9. The average Bonchev–Trinajstić information content (AvgIpc) is 2.46. The summed E-state index contributed by atoms with van der Waals surface area (Å²) in [6, 6.07) is 3.88. The van der Waals surface area contributed by atoms with E-state index < -0.39 is 16.0 Å². The average molecular weight is 397 g/mol. The largest absolute Gasteiger partial charge is 0.480 e. The van der Waals surface area contributed by atoms with Crippen molar-refractivity contribution in [2.75, 3.05) is 13.1 Å². The minimum absolute atomic E-state index is 0.00683. The van der Waals surface area contributed by atoms with Crippen LogP contribution >= 0.6 is 0 Å². The van der Waals surface area contributed by atoms with Gasteiger partial charge in [-0.2, -0.15) is 0 Å². The Bertz CT molecular complexity index is 783. The first-order valence-corrected chi connectivity index (χ1v) is 10.9. The molecule has 1 aromatic rings. The predicted molar refractivity (Wildman–Crippen MR) is 107 cm³/mol. The van der Waals surface area contributed by atoms with Gasteiger partial charge in [0, 0.05) is 12.1 Å². The summed E-state index contributed by atoms with van der Waals surface area (Å²) in [5.41, 5.74) is 2.58. The molecule has 1 aliphatic carbocycles. The van der Waals surface area contributed by atoms with Crippen molar-refractivity contribution in [1.82, 2.24) is 9.62 Å². The highest BCUT2D eigenvalue weighted by atomic mass is 32.2. The van der Waals surface area contributed by atoms with Crippen molar-refractivity contribution in [3.63, 3.8) is 0 Å². The van der Waals surface area contributed by atoms with E-state index in [9.17, 15) is 13.2 Å². The first-order valence-electron chi connectivity index (χ1n) is 9.45. The fourth-order valence-corrected chi connectivity index (χ4v) is 5.46. The maximum Gasteiger partial charge on any atom is 0.317 e. The summed E-state index contributed by atoms with van der Waals surface area (Å²) >= 11 is 0. The number of rotatable bonds is 7. The van der Waals surface area contributed by atoms with Crippen molar-refractivity contribution in [3.8, 4) is 0 Å². The second-order valence-electron chi connectivity index (χ2n) is 8.59. The first-order chi connectivity index (χ1) is 12.3. The number of carboxylic acid groups (broad SMARTS) is 1. The SMILES string of the molecule is CCN(CC(=O)O)C1CC(NS(=O)(=O)c2c(C)cc(C(C)(C)C)cc2C)C1. The normalized spacial score (nSPS) is 20.6. The van der Waals surface area contributed by atoms with Crippen molar-refractivity contribution in [2.45, 2.75) is 76.8 Å². The van der Waals surface area contributed by atoms with E-state index in [-0.39, 0.29) is 24.0 Å². The lowest BCUT2D eigenvalue weighted by atomic mass is 9.85. The van der Waals surface area contributed by atoms with Crippen molar-refractivity contribution in [1.29, 1.82) is 0 Å². The molecule has 0 aromatic heterocycles. The van der Waals surface area contributed by atoms with Gasteiger partial charge in [-0.3, -0.25) is 9.69 Å². The quantitative estimate of drug-likeness (QED) is 0.740. The number of nitrogens with one attached hydrogen (secondary N) is 1. The third-order valence-corrected chi connectivity index (χ3v) is 7.12. The summed E-state index contributed by atoms with van der Waals surface area (Å²) < 4.78 is 28.7. The molecule has 6 nitrogen and oxygen atoms in total. The second-order valence-corrected chi connectivity index (χ2v) is 10.2. The smallest absolute Gasteiger partial charge is 0.317 e. The number of hydrogen-bond acceptors (Lipinski definition) is 4. The molecular weight excluding hydrogens is 364 g/mol. The van der Waals surface area contributed by atoms with Gasteiger partial charge in [0.25, 0.3) is 0 Å². The molecular formula is C20H32N2O4S. The van der Waals surface area contributed by atoms with Crippen LogP contribution in [0, 0.1) is 13.8 Å². The Morgan fingerprint density at radius 1 is 1.22 bits per heavy atom. The molecule has 0 aliphatic heterocycles. The van der Waals surface area contributed by atoms with Crippen LogP contribution in [0.2, 0.25) is 0 Å². The number of carbonyl (C=O) groups is 1. The van der Waals surface area contributed by atoms with Crippen LogP contribution in [0.15, 0.2) is 17.0 Å². The number of aryl methyl sites for hydroxylation is 2. The summed E-state index contributed by atoms with van der Waals surface area (Å²) in [5, 5.41) is 8.97. The van der Waals surface area contributed by atoms with Crippen molar-refractivity contribution < 1.29 is 18.3 Å². The molecule has 1 fully saturated rings. The summed E-state index contributed by atoms with van der Waals surface area (Å²) in [7, 11) is -3.61. The molecule has 7 heteroatoms. The van der Waals surface area contributed by atoms with Crippen molar-refractivity contribution >= 4 is 16.0 Å². The van der Waals surface area contributed by atoms with Crippen LogP contribution in [0.3, 0.4) is 0 Å². The van der Waals surface area contributed by atoms with Crippen LogP contribution in [0.1, 0.15) is 57.2 Å². The Kier molecular flexibility index (Phi) is 6.39. The molecule has 1 saturated carbocycles.